The average Bonchev–Trinajstić information content (AvgIpc) is 3.18. The van der Waals surface area contributed by atoms with Crippen molar-refractivity contribution < 1.29 is 8.42 Å². The van der Waals surface area contributed by atoms with E-state index in [0.29, 0.717) is 25.0 Å². The van der Waals surface area contributed by atoms with Crippen molar-refractivity contribution in [1.29, 1.82) is 0 Å². The van der Waals surface area contributed by atoms with Crippen LogP contribution >= 0.6 is 35.3 Å². The van der Waals surface area contributed by atoms with Gasteiger partial charge in [-0.25, -0.2) is 13.1 Å². The molecule has 0 radical (unpaired) electrons. The molecule has 0 fully saturated rings. The molecule has 1 heterocycles. The van der Waals surface area contributed by atoms with E-state index in [9.17, 15) is 8.42 Å². The lowest BCUT2D eigenvalue weighted by Crippen LogP contribution is -2.41. The van der Waals surface area contributed by atoms with Crippen LogP contribution in [0.15, 0.2) is 51.7 Å². The molecular formula is C19H29IN4O2S2. The van der Waals surface area contributed by atoms with Crippen molar-refractivity contribution in [2.75, 3.05) is 26.2 Å². The Bertz CT molecular complexity index is 822. The smallest absolute Gasteiger partial charge is 0.240 e. The summed E-state index contributed by atoms with van der Waals surface area (Å²) in [6, 6.07) is 11.0. The fourth-order valence-corrected chi connectivity index (χ4v) is 4.21. The van der Waals surface area contributed by atoms with Crippen molar-refractivity contribution in [3.8, 4) is 0 Å². The number of thiophene rings is 1. The minimum atomic E-state index is -3.49. The summed E-state index contributed by atoms with van der Waals surface area (Å²) in [5, 5.41) is 8.42. The van der Waals surface area contributed by atoms with E-state index in [2.05, 4.69) is 38.7 Å². The SMILES string of the molecule is CCNC(=NCC(C)c1cccs1)NCCNS(=O)(=O)c1ccc(C)cc1.I. The molecule has 9 heteroatoms. The van der Waals surface area contributed by atoms with Gasteiger partial charge in [-0.1, -0.05) is 30.7 Å². The summed E-state index contributed by atoms with van der Waals surface area (Å²) in [6.07, 6.45) is 0. The van der Waals surface area contributed by atoms with Gasteiger partial charge in [-0.2, -0.15) is 0 Å². The third-order valence-corrected chi connectivity index (χ3v) is 6.52. The molecule has 0 saturated carbocycles. The van der Waals surface area contributed by atoms with Crippen molar-refractivity contribution in [2.24, 2.45) is 4.99 Å². The molecule has 1 aromatic carbocycles. The predicted octanol–water partition coefficient (Wildman–Crippen LogP) is 3.31. The zero-order valence-electron chi connectivity index (χ0n) is 16.4. The Morgan fingerprint density at radius 1 is 1.14 bits per heavy atom. The molecular weight excluding hydrogens is 507 g/mol. The molecule has 0 saturated heterocycles. The molecule has 2 aromatic rings. The van der Waals surface area contributed by atoms with Crippen LogP contribution in [0, 0.1) is 6.92 Å². The van der Waals surface area contributed by atoms with Crippen LogP contribution in [0.3, 0.4) is 0 Å². The largest absolute Gasteiger partial charge is 0.357 e. The summed E-state index contributed by atoms with van der Waals surface area (Å²) in [5.74, 6) is 1.04. The molecule has 1 aromatic heterocycles. The monoisotopic (exact) mass is 536 g/mol. The number of aliphatic imine (C=N–C) groups is 1. The number of sulfonamides is 1. The summed E-state index contributed by atoms with van der Waals surface area (Å²) in [5.41, 5.74) is 1.03. The van der Waals surface area contributed by atoms with Crippen LogP contribution in [0.25, 0.3) is 0 Å². The summed E-state index contributed by atoms with van der Waals surface area (Å²) in [6.45, 7) is 8.22. The van der Waals surface area contributed by atoms with Crippen molar-refractivity contribution in [3.63, 3.8) is 0 Å². The summed E-state index contributed by atoms with van der Waals surface area (Å²) in [4.78, 5) is 6.18. The highest BCUT2D eigenvalue weighted by Gasteiger charge is 2.12. The molecule has 0 amide bonds. The maximum absolute atomic E-state index is 12.3. The molecule has 28 heavy (non-hydrogen) atoms. The summed E-state index contributed by atoms with van der Waals surface area (Å²) in [7, 11) is -3.49. The third-order valence-electron chi connectivity index (χ3n) is 3.94. The van der Waals surface area contributed by atoms with Crippen molar-refractivity contribution in [1.82, 2.24) is 15.4 Å². The molecule has 1 atom stereocenters. The Morgan fingerprint density at radius 2 is 1.86 bits per heavy atom. The van der Waals surface area contributed by atoms with E-state index in [0.717, 1.165) is 12.1 Å². The Kier molecular flexibility index (Phi) is 11.0. The second kappa shape index (κ2) is 12.4. The van der Waals surface area contributed by atoms with Crippen molar-refractivity contribution >= 4 is 51.3 Å². The maximum atomic E-state index is 12.3. The molecule has 6 nitrogen and oxygen atoms in total. The molecule has 156 valence electrons. The highest BCUT2D eigenvalue weighted by Crippen LogP contribution is 2.20. The standard InChI is InChI=1S/C19H28N4O2S2.HI/c1-4-20-19(22-14-16(3)18-6-5-13-26-18)21-11-12-23-27(24,25)17-9-7-15(2)8-10-17;/h5-10,13,16,23H,4,11-12,14H2,1-3H3,(H2,20,21,22);1H. The average molecular weight is 537 g/mol. The zero-order chi connectivity index (χ0) is 19.7. The number of hydrogen-bond acceptors (Lipinski definition) is 4. The van der Waals surface area contributed by atoms with E-state index < -0.39 is 10.0 Å². The van der Waals surface area contributed by atoms with Gasteiger partial charge in [0.25, 0.3) is 0 Å². The number of nitrogens with one attached hydrogen (secondary N) is 3. The number of benzene rings is 1. The number of guanidine groups is 1. The van der Waals surface area contributed by atoms with E-state index in [-0.39, 0.29) is 35.4 Å². The van der Waals surface area contributed by atoms with E-state index in [1.165, 1.54) is 4.88 Å². The molecule has 0 aliphatic rings. The second-order valence-electron chi connectivity index (χ2n) is 6.27. The van der Waals surface area contributed by atoms with Gasteiger partial charge in [-0.05, 0) is 37.4 Å². The fourth-order valence-electron chi connectivity index (χ4n) is 2.40. The first kappa shape index (κ1) is 24.9. The van der Waals surface area contributed by atoms with Crippen LogP contribution in [0.2, 0.25) is 0 Å². The minimum absolute atomic E-state index is 0. The molecule has 0 bridgehead atoms. The Labute approximate surface area is 189 Å². The van der Waals surface area contributed by atoms with Gasteiger partial charge in [0.15, 0.2) is 5.96 Å². The number of rotatable bonds is 9. The minimum Gasteiger partial charge on any atom is -0.357 e. The topological polar surface area (TPSA) is 82.6 Å². The maximum Gasteiger partial charge on any atom is 0.240 e. The van der Waals surface area contributed by atoms with Crippen LogP contribution in [0.4, 0.5) is 0 Å². The molecule has 3 N–H and O–H groups in total. The molecule has 1 unspecified atom stereocenters. The lowest BCUT2D eigenvalue weighted by Gasteiger charge is -2.13. The summed E-state index contributed by atoms with van der Waals surface area (Å²) >= 11 is 1.73. The Morgan fingerprint density at radius 3 is 2.46 bits per heavy atom. The Hall–Kier alpha value is -1.17. The number of nitrogens with zero attached hydrogens (tertiary/aromatic N) is 1. The lowest BCUT2D eigenvalue weighted by atomic mass is 10.1. The molecule has 2 rings (SSSR count). The zero-order valence-corrected chi connectivity index (χ0v) is 20.4. The number of aryl methyl sites for hydroxylation is 1. The predicted molar refractivity (Wildman–Crippen MR) is 128 cm³/mol. The molecule has 0 aliphatic carbocycles. The number of halogens is 1. The lowest BCUT2D eigenvalue weighted by molar-refractivity contribution is 0.580. The first-order valence-electron chi connectivity index (χ1n) is 9.04. The van der Waals surface area contributed by atoms with Gasteiger partial charge in [0.2, 0.25) is 10.0 Å². The number of hydrogen-bond donors (Lipinski definition) is 3. The second-order valence-corrected chi connectivity index (χ2v) is 9.02. The summed E-state index contributed by atoms with van der Waals surface area (Å²) < 4.78 is 27.2. The Balaban J connectivity index is 0.00000392. The van der Waals surface area contributed by atoms with Gasteiger partial charge in [-0.15, -0.1) is 35.3 Å². The highest BCUT2D eigenvalue weighted by atomic mass is 127. The van der Waals surface area contributed by atoms with Gasteiger partial charge in [0.05, 0.1) is 11.4 Å². The van der Waals surface area contributed by atoms with Crippen LogP contribution < -0.4 is 15.4 Å². The normalized spacial score (nSPS) is 12.9. The van der Waals surface area contributed by atoms with E-state index in [1.807, 2.05) is 19.9 Å². The van der Waals surface area contributed by atoms with E-state index in [1.54, 1.807) is 35.6 Å². The first-order valence-corrected chi connectivity index (χ1v) is 11.4. The van der Waals surface area contributed by atoms with Crippen molar-refractivity contribution in [3.05, 3.63) is 52.2 Å². The third kappa shape index (κ3) is 8.06. The van der Waals surface area contributed by atoms with E-state index in [4.69, 9.17) is 0 Å². The van der Waals surface area contributed by atoms with Crippen LogP contribution in [0.5, 0.6) is 0 Å². The van der Waals surface area contributed by atoms with Crippen molar-refractivity contribution in [2.45, 2.75) is 31.6 Å². The molecule has 0 aliphatic heterocycles. The quantitative estimate of drug-likeness (QED) is 0.199. The van der Waals surface area contributed by atoms with Crippen LogP contribution in [0.1, 0.15) is 30.2 Å². The van der Waals surface area contributed by atoms with Gasteiger partial charge in [0.1, 0.15) is 0 Å². The van der Waals surface area contributed by atoms with Crippen LogP contribution in [-0.4, -0.2) is 40.6 Å². The highest BCUT2D eigenvalue weighted by molar-refractivity contribution is 14.0. The van der Waals surface area contributed by atoms with Gasteiger partial charge in [0, 0.05) is 30.4 Å². The van der Waals surface area contributed by atoms with Gasteiger partial charge >= 0.3 is 0 Å². The van der Waals surface area contributed by atoms with Crippen LogP contribution in [-0.2, 0) is 10.0 Å². The van der Waals surface area contributed by atoms with Gasteiger partial charge < -0.3 is 10.6 Å². The van der Waals surface area contributed by atoms with Gasteiger partial charge in [-0.3, -0.25) is 4.99 Å². The first-order chi connectivity index (χ1) is 12.9. The molecule has 0 spiro atoms. The van der Waals surface area contributed by atoms with E-state index >= 15 is 0 Å². The fraction of sp³-hybridized carbons (Fsp3) is 0.421.